The molecule has 1 aliphatic heterocycles. The minimum Gasteiger partial charge on any atom is -0.475 e. The smallest absolute Gasteiger partial charge is 0.227 e. The normalized spacial score (nSPS) is 14.1. The fraction of sp³-hybridized carbons (Fsp3) is 0.364. The molecule has 1 aliphatic rings. The molecule has 0 saturated carbocycles. The lowest BCUT2D eigenvalue weighted by molar-refractivity contribution is 0.326. The Morgan fingerprint density at radius 3 is 3.00 bits per heavy atom. The van der Waals surface area contributed by atoms with Crippen molar-refractivity contribution < 1.29 is 4.74 Å². The Kier molecular flexibility index (Phi) is 1.92. The minimum absolute atomic E-state index is 0.598. The van der Waals surface area contributed by atoms with Crippen LogP contribution in [0.3, 0.4) is 0 Å². The number of ether oxygens (including phenoxy) is 1. The van der Waals surface area contributed by atoms with Gasteiger partial charge in [-0.3, -0.25) is 0 Å². The zero-order chi connectivity index (χ0) is 11.1. The molecule has 0 aromatic carbocycles. The minimum atomic E-state index is 0.598. The third kappa shape index (κ3) is 1.36. The Balaban J connectivity index is 2.42. The van der Waals surface area contributed by atoms with Gasteiger partial charge < -0.3 is 10.1 Å². The molecule has 3 heterocycles. The number of aromatic nitrogens is 3. The lowest BCUT2D eigenvalue weighted by Crippen LogP contribution is -2.09. The number of nitrogens with zero attached hydrogens (tertiary/aromatic N) is 3. The number of pyridine rings is 1. The standard InChI is InChI=1S/C11H12N4O/c1-6-5-8-9-10(15-7(2)14-8)12-3-4-16-11(9)13-6/h5H,3-4H2,1-2H3,(H,12,14,15). The predicted molar refractivity (Wildman–Crippen MR) is 60.8 cm³/mol. The number of nitrogens with one attached hydrogen (secondary N) is 1. The van der Waals surface area contributed by atoms with E-state index in [1.165, 1.54) is 0 Å². The second-order valence-electron chi connectivity index (χ2n) is 3.86. The van der Waals surface area contributed by atoms with E-state index in [0.29, 0.717) is 12.5 Å². The Morgan fingerprint density at radius 2 is 2.12 bits per heavy atom. The monoisotopic (exact) mass is 216 g/mol. The largest absolute Gasteiger partial charge is 0.475 e. The van der Waals surface area contributed by atoms with Crippen LogP contribution in [-0.4, -0.2) is 28.1 Å². The maximum atomic E-state index is 5.59. The second-order valence-corrected chi connectivity index (χ2v) is 3.86. The van der Waals surface area contributed by atoms with Crippen molar-refractivity contribution in [3.8, 4) is 5.88 Å². The van der Waals surface area contributed by atoms with Gasteiger partial charge in [-0.25, -0.2) is 15.0 Å². The van der Waals surface area contributed by atoms with Crippen molar-refractivity contribution in [2.24, 2.45) is 0 Å². The zero-order valence-electron chi connectivity index (χ0n) is 9.24. The highest BCUT2D eigenvalue weighted by atomic mass is 16.5. The molecule has 5 heteroatoms. The van der Waals surface area contributed by atoms with Crippen molar-refractivity contribution in [3.63, 3.8) is 0 Å². The van der Waals surface area contributed by atoms with Gasteiger partial charge in [0.15, 0.2) is 0 Å². The van der Waals surface area contributed by atoms with Gasteiger partial charge in [0.1, 0.15) is 23.6 Å². The fourth-order valence-corrected chi connectivity index (χ4v) is 1.91. The maximum absolute atomic E-state index is 5.59. The summed E-state index contributed by atoms with van der Waals surface area (Å²) in [5, 5.41) is 4.12. The molecule has 3 rings (SSSR count). The lowest BCUT2D eigenvalue weighted by Gasteiger charge is -2.07. The number of hydrogen-bond acceptors (Lipinski definition) is 5. The first-order valence-electron chi connectivity index (χ1n) is 5.27. The highest BCUT2D eigenvalue weighted by Crippen LogP contribution is 2.30. The van der Waals surface area contributed by atoms with Gasteiger partial charge in [0.2, 0.25) is 5.88 Å². The van der Waals surface area contributed by atoms with Gasteiger partial charge in [0.25, 0.3) is 0 Å². The van der Waals surface area contributed by atoms with E-state index in [9.17, 15) is 0 Å². The van der Waals surface area contributed by atoms with Gasteiger partial charge in [-0.05, 0) is 19.9 Å². The van der Waals surface area contributed by atoms with Gasteiger partial charge in [-0.1, -0.05) is 0 Å². The van der Waals surface area contributed by atoms with Gasteiger partial charge in [-0.15, -0.1) is 0 Å². The van der Waals surface area contributed by atoms with E-state index in [4.69, 9.17) is 4.74 Å². The summed E-state index contributed by atoms with van der Waals surface area (Å²) in [5.74, 6) is 2.21. The lowest BCUT2D eigenvalue weighted by atomic mass is 10.2. The van der Waals surface area contributed by atoms with Crippen LogP contribution in [0.5, 0.6) is 5.88 Å². The van der Waals surface area contributed by atoms with Gasteiger partial charge in [0.05, 0.1) is 12.1 Å². The molecule has 2 aromatic rings. The van der Waals surface area contributed by atoms with E-state index in [1.807, 2.05) is 19.9 Å². The Hall–Kier alpha value is -1.91. The second kappa shape index (κ2) is 3.30. The first-order valence-corrected chi connectivity index (χ1v) is 5.27. The fourth-order valence-electron chi connectivity index (χ4n) is 1.91. The van der Waals surface area contributed by atoms with E-state index in [0.717, 1.165) is 34.8 Å². The molecule has 0 radical (unpaired) electrons. The van der Waals surface area contributed by atoms with Crippen LogP contribution in [0, 0.1) is 13.8 Å². The summed E-state index contributed by atoms with van der Waals surface area (Å²) >= 11 is 0. The Bertz CT molecular complexity index is 521. The molecule has 0 fully saturated rings. The third-order valence-corrected chi connectivity index (χ3v) is 2.52. The number of hydrogen-bond donors (Lipinski definition) is 1. The average Bonchev–Trinajstić information content (AvgIpc) is 2.40. The molecule has 82 valence electrons. The molecule has 0 bridgehead atoms. The molecule has 0 atom stereocenters. The molecule has 2 aromatic heterocycles. The van der Waals surface area contributed by atoms with Crippen molar-refractivity contribution in [3.05, 3.63) is 17.6 Å². The third-order valence-electron chi connectivity index (χ3n) is 2.52. The molecule has 0 unspecified atom stereocenters. The number of aryl methyl sites for hydroxylation is 2. The Labute approximate surface area is 92.9 Å². The average molecular weight is 216 g/mol. The topological polar surface area (TPSA) is 59.9 Å². The van der Waals surface area contributed by atoms with E-state index in [1.54, 1.807) is 0 Å². The van der Waals surface area contributed by atoms with Crippen LogP contribution in [0.1, 0.15) is 11.5 Å². The van der Waals surface area contributed by atoms with Crippen molar-refractivity contribution in [2.45, 2.75) is 13.8 Å². The number of rotatable bonds is 0. The first kappa shape index (κ1) is 9.33. The molecular weight excluding hydrogens is 204 g/mol. The molecule has 0 spiro atoms. The van der Waals surface area contributed by atoms with Gasteiger partial charge >= 0.3 is 0 Å². The summed E-state index contributed by atoms with van der Waals surface area (Å²) in [5.41, 5.74) is 1.80. The molecule has 0 aliphatic carbocycles. The summed E-state index contributed by atoms with van der Waals surface area (Å²) in [6.07, 6.45) is 0. The highest BCUT2D eigenvalue weighted by Gasteiger charge is 2.16. The highest BCUT2D eigenvalue weighted by molar-refractivity contribution is 5.93. The summed E-state index contributed by atoms with van der Waals surface area (Å²) < 4.78 is 5.59. The molecule has 0 amide bonds. The van der Waals surface area contributed by atoms with Gasteiger partial charge in [-0.2, -0.15) is 0 Å². The molecule has 5 nitrogen and oxygen atoms in total. The van der Waals surface area contributed by atoms with Crippen molar-refractivity contribution >= 4 is 16.7 Å². The van der Waals surface area contributed by atoms with Crippen LogP contribution in [0.4, 0.5) is 5.82 Å². The number of anilines is 1. The van der Waals surface area contributed by atoms with Crippen molar-refractivity contribution in [1.82, 2.24) is 15.0 Å². The quantitative estimate of drug-likeness (QED) is 0.722. The zero-order valence-corrected chi connectivity index (χ0v) is 9.24. The summed E-state index contributed by atoms with van der Waals surface area (Å²) in [6, 6.07) is 1.95. The first-order chi connectivity index (χ1) is 7.74. The van der Waals surface area contributed by atoms with E-state index in [2.05, 4.69) is 20.3 Å². The molecular formula is C11H12N4O. The summed E-state index contributed by atoms with van der Waals surface area (Å²) in [4.78, 5) is 13.2. The van der Waals surface area contributed by atoms with Gasteiger partial charge in [0, 0.05) is 5.69 Å². The van der Waals surface area contributed by atoms with Crippen LogP contribution in [0.25, 0.3) is 10.9 Å². The van der Waals surface area contributed by atoms with E-state index >= 15 is 0 Å². The van der Waals surface area contributed by atoms with Crippen LogP contribution in [0.15, 0.2) is 6.07 Å². The predicted octanol–water partition coefficient (Wildman–Crippen LogP) is 1.45. The Morgan fingerprint density at radius 1 is 1.25 bits per heavy atom. The van der Waals surface area contributed by atoms with E-state index < -0.39 is 0 Å². The summed E-state index contributed by atoms with van der Waals surface area (Å²) in [6.45, 7) is 5.16. The maximum Gasteiger partial charge on any atom is 0.227 e. The summed E-state index contributed by atoms with van der Waals surface area (Å²) in [7, 11) is 0. The SMILES string of the molecule is Cc1cc2nc(C)nc3c2c(n1)OCCN3. The van der Waals surface area contributed by atoms with Crippen LogP contribution < -0.4 is 10.1 Å². The van der Waals surface area contributed by atoms with Crippen LogP contribution in [0.2, 0.25) is 0 Å². The van der Waals surface area contributed by atoms with Crippen molar-refractivity contribution in [2.75, 3.05) is 18.5 Å². The van der Waals surface area contributed by atoms with Crippen LogP contribution in [-0.2, 0) is 0 Å². The van der Waals surface area contributed by atoms with Crippen LogP contribution >= 0.6 is 0 Å². The molecule has 16 heavy (non-hydrogen) atoms. The van der Waals surface area contributed by atoms with E-state index in [-0.39, 0.29) is 0 Å². The van der Waals surface area contributed by atoms with Crippen molar-refractivity contribution in [1.29, 1.82) is 0 Å². The molecule has 1 N–H and O–H groups in total. The molecule has 0 saturated heterocycles.